The molecule has 0 heterocycles. The lowest BCUT2D eigenvalue weighted by Gasteiger charge is -2.30. The first-order valence-corrected chi connectivity index (χ1v) is 6.96. The predicted octanol–water partition coefficient (Wildman–Crippen LogP) is 3.62. The lowest BCUT2D eigenvalue weighted by atomic mass is 10.0. The van der Waals surface area contributed by atoms with Crippen LogP contribution in [0.3, 0.4) is 0 Å². The summed E-state index contributed by atoms with van der Waals surface area (Å²) >= 11 is 5.80. The number of benzene rings is 2. The molecule has 2 aromatic rings. The summed E-state index contributed by atoms with van der Waals surface area (Å²) in [6.45, 7) is 0.284. The van der Waals surface area contributed by atoms with Crippen LogP contribution in [0.2, 0.25) is 5.02 Å². The van der Waals surface area contributed by atoms with Crippen LogP contribution in [0.5, 0.6) is 5.75 Å². The van der Waals surface area contributed by atoms with Crippen molar-refractivity contribution in [1.29, 1.82) is 0 Å². The highest BCUT2D eigenvalue weighted by Crippen LogP contribution is 2.29. The molecule has 0 saturated carbocycles. The Morgan fingerprint density at radius 3 is 2.67 bits per heavy atom. The smallest absolute Gasteiger partial charge is 0.130 e. The quantitative estimate of drug-likeness (QED) is 0.917. The highest BCUT2D eigenvalue weighted by molar-refractivity contribution is 6.30. The zero-order chi connectivity index (χ0) is 15.4. The summed E-state index contributed by atoms with van der Waals surface area (Å²) < 4.78 is 19.3. The highest BCUT2D eigenvalue weighted by Gasteiger charge is 2.20. The summed E-state index contributed by atoms with van der Waals surface area (Å²) in [5, 5.41) is 0.371. The fourth-order valence-corrected chi connectivity index (χ4v) is 2.43. The molecule has 0 bridgehead atoms. The van der Waals surface area contributed by atoms with Crippen molar-refractivity contribution in [2.75, 3.05) is 25.6 Å². The van der Waals surface area contributed by atoms with E-state index in [0.29, 0.717) is 10.6 Å². The molecule has 112 valence electrons. The van der Waals surface area contributed by atoms with Gasteiger partial charge in [0, 0.05) is 35.9 Å². The molecular formula is C16H18ClFN2O. The van der Waals surface area contributed by atoms with Crippen LogP contribution in [-0.4, -0.2) is 20.7 Å². The van der Waals surface area contributed by atoms with E-state index in [4.69, 9.17) is 22.1 Å². The van der Waals surface area contributed by atoms with Crippen LogP contribution in [-0.2, 0) is 0 Å². The molecule has 0 aliphatic carbocycles. The van der Waals surface area contributed by atoms with Crippen molar-refractivity contribution < 1.29 is 9.13 Å². The van der Waals surface area contributed by atoms with Gasteiger partial charge in [-0.25, -0.2) is 4.39 Å². The van der Waals surface area contributed by atoms with Crippen molar-refractivity contribution in [3.63, 3.8) is 0 Å². The van der Waals surface area contributed by atoms with E-state index in [-0.39, 0.29) is 18.4 Å². The monoisotopic (exact) mass is 308 g/mol. The Kier molecular flexibility index (Phi) is 5.04. The van der Waals surface area contributed by atoms with E-state index in [2.05, 4.69) is 0 Å². The van der Waals surface area contributed by atoms with Gasteiger partial charge in [0.05, 0.1) is 13.2 Å². The van der Waals surface area contributed by atoms with Crippen LogP contribution in [0, 0.1) is 5.82 Å². The van der Waals surface area contributed by atoms with Crippen LogP contribution in [0.15, 0.2) is 42.5 Å². The van der Waals surface area contributed by atoms with E-state index in [1.165, 1.54) is 6.07 Å². The van der Waals surface area contributed by atoms with Crippen molar-refractivity contribution in [2.45, 2.75) is 6.04 Å². The zero-order valence-electron chi connectivity index (χ0n) is 12.0. The van der Waals surface area contributed by atoms with Crippen molar-refractivity contribution >= 4 is 17.3 Å². The summed E-state index contributed by atoms with van der Waals surface area (Å²) in [6, 6.07) is 11.9. The number of methoxy groups -OCH3 is 1. The van der Waals surface area contributed by atoms with Gasteiger partial charge >= 0.3 is 0 Å². The number of hydrogen-bond acceptors (Lipinski definition) is 3. The minimum atomic E-state index is -0.354. The number of hydrogen-bond donors (Lipinski definition) is 1. The number of nitrogens with zero attached hydrogens (tertiary/aromatic N) is 1. The molecule has 0 aliphatic rings. The molecular weight excluding hydrogens is 291 g/mol. The van der Waals surface area contributed by atoms with E-state index < -0.39 is 0 Å². The maximum absolute atomic E-state index is 14.1. The van der Waals surface area contributed by atoms with Gasteiger partial charge in [0.2, 0.25) is 0 Å². The van der Waals surface area contributed by atoms with Gasteiger partial charge in [-0.2, -0.15) is 0 Å². The highest BCUT2D eigenvalue weighted by atomic mass is 35.5. The maximum Gasteiger partial charge on any atom is 0.130 e. The molecule has 0 aromatic heterocycles. The average Bonchev–Trinajstić information content (AvgIpc) is 2.50. The number of nitrogens with two attached hydrogens (primary N) is 1. The minimum absolute atomic E-state index is 0.283. The third kappa shape index (κ3) is 3.46. The summed E-state index contributed by atoms with van der Waals surface area (Å²) in [5.74, 6) is 0.388. The molecule has 0 aliphatic heterocycles. The molecule has 1 atom stereocenters. The fraction of sp³-hybridized carbons (Fsp3) is 0.250. The number of likely N-dealkylation sites (N-methyl/N-ethyl adjacent to an activating group) is 1. The predicted molar refractivity (Wildman–Crippen MR) is 84.6 cm³/mol. The Hall–Kier alpha value is -1.78. The molecule has 5 heteroatoms. The zero-order valence-corrected chi connectivity index (χ0v) is 12.8. The molecule has 2 N–H and O–H groups in total. The van der Waals surface area contributed by atoms with Crippen LogP contribution in [0.4, 0.5) is 10.1 Å². The van der Waals surface area contributed by atoms with Gasteiger partial charge in [0.1, 0.15) is 11.6 Å². The molecule has 0 spiro atoms. The summed E-state index contributed by atoms with van der Waals surface area (Å²) in [5.41, 5.74) is 7.27. The molecule has 1 unspecified atom stereocenters. The lowest BCUT2D eigenvalue weighted by Crippen LogP contribution is -2.31. The van der Waals surface area contributed by atoms with Crippen molar-refractivity contribution in [2.24, 2.45) is 5.73 Å². The first kappa shape index (κ1) is 15.6. The first-order chi connectivity index (χ1) is 10.1. The molecule has 0 fully saturated rings. The van der Waals surface area contributed by atoms with Gasteiger partial charge in [-0.3, -0.25) is 0 Å². The van der Waals surface area contributed by atoms with E-state index in [1.807, 2.05) is 36.2 Å². The van der Waals surface area contributed by atoms with Gasteiger partial charge in [-0.05, 0) is 24.3 Å². The summed E-state index contributed by atoms with van der Waals surface area (Å²) in [6.07, 6.45) is 0. The normalized spacial score (nSPS) is 12.0. The number of halogens is 2. The molecule has 0 saturated heterocycles. The van der Waals surface area contributed by atoms with Crippen LogP contribution in [0.25, 0.3) is 0 Å². The van der Waals surface area contributed by atoms with E-state index >= 15 is 0 Å². The Bertz CT molecular complexity index is 621. The molecule has 0 amide bonds. The second kappa shape index (κ2) is 6.78. The summed E-state index contributed by atoms with van der Waals surface area (Å²) in [7, 11) is 3.48. The second-order valence-corrected chi connectivity index (χ2v) is 5.17. The second-order valence-electron chi connectivity index (χ2n) is 4.73. The van der Waals surface area contributed by atoms with Gasteiger partial charge in [-0.1, -0.05) is 23.7 Å². The minimum Gasteiger partial charge on any atom is -0.497 e. The van der Waals surface area contributed by atoms with E-state index in [9.17, 15) is 4.39 Å². The van der Waals surface area contributed by atoms with Gasteiger partial charge in [0.25, 0.3) is 0 Å². The van der Waals surface area contributed by atoms with Crippen LogP contribution < -0.4 is 15.4 Å². The van der Waals surface area contributed by atoms with E-state index in [1.54, 1.807) is 19.2 Å². The average molecular weight is 309 g/mol. The molecule has 2 rings (SSSR count). The van der Waals surface area contributed by atoms with Gasteiger partial charge < -0.3 is 15.4 Å². The SMILES string of the molecule is COc1cccc(N(C)C(CN)c2ccc(Cl)cc2F)c1. The number of anilines is 1. The molecule has 0 radical (unpaired) electrons. The fourth-order valence-electron chi connectivity index (χ4n) is 2.28. The molecule has 21 heavy (non-hydrogen) atoms. The topological polar surface area (TPSA) is 38.5 Å². The van der Waals surface area contributed by atoms with Crippen molar-refractivity contribution in [3.8, 4) is 5.75 Å². The van der Waals surface area contributed by atoms with Crippen LogP contribution >= 0.6 is 11.6 Å². The van der Waals surface area contributed by atoms with Crippen molar-refractivity contribution in [3.05, 3.63) is 58.9 Å². The summed E-state index contributed by atoms with van der Waals surface area (Å²) in [4.78, 5) is 1.93. The lowest BCUT2D eigenvalue weighted by molar-refractivity contribution is 0.414. The first-order valence-electron chi connectivity index (χ1n) is 6.58. The number of rotatable bonds is 5. The Balaban J connectivity index is 2.35. The third-order valence-electron chi connectivity index (χ3n) is 3.47. The van der Waals surface area contributed by atoms with Crippen LogP contribution in [0.1, 0.15) is 11.6 Å². The standard InChI is InChI=1S/C16H18ClFN2O/c1-20(12-4-3-5-13(9-12)21-2)16(10-19)14-7-6-11(17)8-15(14)18/h3-9,16H,10,19H2,1-2H3. The Labute approximate surface area is 129 Å². The Morgan fingerprint density at radius 2 is 2.05 bits per heavy atom. The van der Waals surface area contributed by atoms with E-state index in [0.717, 1.165) is 11.4 Å². The van der Waals surface area contributed by atoms with Gasteiger partial charge in [-0.15, -0.1) is 0 Å². The number of ether oxygens (including phenoxy) is 1. The Morgan fingerprint density at radius 1 is 1.29 bits per heavy atom. The van der Waals surface area contributed by atoms with Crippen molar-refractivity contribution in [1.82, 2.24) is 0 Å². The molecule has 2 aromatic carbocycles. The van der Waals surface area contributed by atoms with Gasteiger partial charge in [0.15, 0.2) is 0 Å². The maximum atomic E-state index is 14.1. The largest absolute Gasteiger partial charge is 0.497 e. The third-order valence-corrected chi connectivity index (χ3v) is 3.71. The molecule has 3 nitrogen and oxygen atoms in total.